The number of amides is 1. The topological polar surface area (TPSA) is 53.8 Å². The lowest BCUT2D eigenvalue weighted by molar-refractivity contribution is -0.134. The van der Waals surface area contributed by atoms with Crippen molar-refractivity contribution < 1.29 is 4.79 Å². The Balaban J connectivity index is 1.15. The molecular weight excluding hydrogens is 398 g/mol. The summed E-state index contributed by atoms with van der Waals surface area (Å²) in [6, 6.07) is 20.7. The van der Waals surface area contributed by atoms with Gasteiger partial charge in [-0.3, -0.25) is 14.6 Å². The highest BCUT2D eigenvalue weighted by atomic mass is 16.2. The highest BCUT2D eigenvalue weighted by Crippen LogP contribution is 2.13. The third-order valence-electron chi connectivity index (χ3n) is 6.64. The number of hydrogen-bond acceptors (Lipinski definition) is 5. The number of benzene rings is 2. The highest BCUT2D eigenvalue weighted by molar-refractivity contribution is 5.78. The van der Waals surface area contributed by atoms with Crippen LogP contribution in [0.4, 0.5) is 0 Å². The molecule has 0 aromatic heterocycles. The van der Waals surface area contributed by atoms with Gasteiger partial charge in [-0.05, 0) is 23.6 Å². The smallest absolute Gasteiger partial charge is 0.236 e. The summed E-state index contributed by atoms with van der Waals surface area (Å²) in [4.78, 5) is 22.0. The van der Waals surface area contributed by atoms with Crippen LogP contribution in [0.3, 0.4) is 0 Å². The third kappa shape index (κ3) is 6.17. The van der Waals surface area contributed by atoms with Gasteiger partial charge in [-0.2, -0.15) is 5.26 Å². The highest BCUT2D eigenvalue weighted by Gasteiger charge is 2.25. The summed E-state index contributed by atoms with van der Waals surface area (Å²) in [5.74, 6) is 0.250. The van der Waals surface area contributed by atoms with Crippen LogP contribution in [0.2, 0.25) is 0 Å². The van der Waals surface area contributed by atoms with Gasteiger partial charge in [0.05, 0.1) is 18.2 Å². The van der Waals surface area contributed by atoms with Crippen LogP contribution < -0.4 is 0 Å². The molecule has 0 bridgehead atoms. The molecule has 0 N–H and O–H groups in total. The second-order valence-corrected chi connectivity index (χ2v) is 8.78. The fourth-order valence-corrected chi connectivity index (χ4v) is 4.56. The minimum Gasteiger partial charge on any atom is -0.339 e. The Labute approximate surface area is 191 Å². The van der Waals surface area contributed by atoms with Gasteiger partial charge >= 0.3 is 0 Å². The molecule has 2 aliphatic heterocycles. The summed E-state index contributed by atoms with van der Waals surface area (Å²) in [5, 5.41) is 9.29. The molecule has 1 amide bonds. The Bertz CT molecular complexity index is 909. The zero-order valence-electron chi connectivity index (χ0n) is 18.8. The molecule has 0 radical (unpaired) electrons. The Morgan fingerprint density at radius 1 is 0.781 bits per heavy atom. The predicted molar refractivity (Wildman–Crippen MR) is 126 cm³/mol. The third-order valence-corrected chi connectivity index (χ3v) is 6.64. The zero-order valence-corrected chi connectivity index (χ0v) is 18.8. The van der Waals surface area contributed by atoms with Crippen LogP contribution in [0.15, 0.2) is 54.6 Å². The maximum atomic E-state index is 12.8. The standard InChI is InChI=1S/C26H33N5O/c27-20-24-8-4-5-9-25(24)21-29-16-18-31(19-17-29)26(32)22-30-14-12-28(13-15-30)11-10-23-6-2-1-3-7-23/h1-9H,10-19,21-22H2. The predicted octanol–water partition coefficient (Wildman–Crippen LogP) is 2.06. The van der Waals surface area contributed by atoms with Crippen LogP contribution in [-0.4, -0.2) is 91.0 Å². The molecule has 0 atom stereocenters. The van der Waals surface area contributed by atoms with E-state index in [0.29, 0.717) is 6.54 Å². The molecule has 6 nitrogen and oxygen atoms in total. The summed E-state index contributed by atoms with van der Waals surface area (Å²) >= 11 is 0. The number of piperazine rings is 2. The van der Waals surface area contributed by atoms with Crippen LogP contribution in [-0.2, 0) is 17.8 Å². The molecular formula is C26H33N5O. The molecule has 6 heteroatoms. The maximum absolute atomic E-state index is 12.8. The van der Waals surface area contributed by atoms with Gasteiger partial charge in [0.1, 0.15) is 0 Å². The van der Waals surface area contributed by atoms with E-state index < -0.39 is 0 Å². The molecule has 2 fully saturated rings. The van der Waals surface area contributed by atoms with E-state index in [1.54, 1.807) is 0 Å². The monoisotopic (exact) mass is 431 g/mol. The molecule has 4 rings (SSSR count). The first kappa shape index (κ1) is 22.5. The van der Waals surface area contributed by atoms with Crippen molar-refractivity contribution in [3.8, 4) is 6.07 Å². The number of carbonyl (C=O) groups excluding carboxylic acids is 1. The van der Waals surface area contributed by atoms with Gasteiger partial charge in [0.25, 0.3) is 0 Å². The van der Waals surface area contributed by atoms with Crippen molar-refractivity contribution in [2.75, 3.05) is 65.4 Å². The number of hydrogen-bond donors (Lipinski definition) is 0. The molecule has 2 aliphatic rings. The van der Waals surface area contributed by atoms with Gasteiger partial charge in [-0.1, -0.05) is 48.5 Å². The van der Waals surface area contributed by atoms with Crippen molar-refractivity contribution in [1.82, 2.24) is 19.6 Å². The normalized spacial score (nSPS) is 18.4. The van der Waals surface area contributed by atoms with Crippen molar-refractivity contribution in [1.29, 1.82) is 5.26 Å². The van der Waals surface area contributed by atoms with Crippen LogP contribution in [0.5, 0.6) is 0 Å². The van der Waals surface area contributed by atoms with Crippen molar-refractivity contribution in [2.45, 2.75) is 13.0 Å². The number of nitriles is 1. The molecule has 2 saturated heterocycles. The number of rotatable bonds is 7. The molecule has 2 aromatic carbocycles. The minimum absolute atomic E-state index is 0.250. The van der Waals surface area contributed by atoms with E-state index in [1.165, 1.54) is 5.56 Å². The maximum Gasteiger partial charge on any atom is 0.236 e. The van der Waals surface area contributed by atoms with Crippen LogP contribution >= 0.6 is 0 Å². The van der Waals surface area contributed by atoms with Crippen molar-refractivity contribution in [2.24, 2.45) is 0 Å². The molecule has 0 unspecified atom stereocenters. The van der Waals surface area contributed by atoms with Crippen molar-refractivity contribution >= 4 is 5.91 Å². The zero-order chi connectivity index (χ0) is 22.2. The lowest BCUT2D eigenvalue weighted by Crippen LogP contribution is -2.53. The average molecular weight is 432 g/mol. The Hall–Kier alpha value is -2.72. The Morgan fingerprint density at radius 3 is 2.12 bits per heavy atom. The molecule has 168 valence electrons. The minimum atomic E-state index is 0.250. The SMILES string of the molecule is N#Cc1ccccc1CN1CCN(C(=O)CN2CCN(CCc3ccccc3)CC2)CC1. The fraction of sp³-hybridized carbons (Fsp3) is 0.462. The molecule has 0 spiro atoms. The first-order valence-electron chi connectivity index (χ1n) is 11.7. The molecule has 2 heterocycles. The second kappa shape index (κ2) is 11.2. The molecule has 32 heavy (non-hydrogen) atoms. The van der Waals surface area contributed by atoms with Gasteiger partial charge in [0.15, 0.2) is 0 Å². The van der Waals surface area contributed by atoms with E-state index in [9.17, 15) is 10.1 Å². The molecule has 0 saturated carbocycles. The van der Waals surface area contributed by atoms with Crippen LogP contribution in [0, 0.1) is 11.3 Å². The van der Waals surface area contributed by atoms with Crippen molar-refractivity contribution in [3.05, 3.63) is 71.3 Å². The molecule has 0 aliphatic carbocycles. The summed E-state index contributed by atoms with van der Waals surface area (Å²) in [5.41, 5.74) is 3.20. The van der Waals surface area contributed by atoms with Gasteiger partial charge < -0.3 is 9.80 Å². The average Bonchev–Trinajstić information content (AvgIpc) is 2.85. The van der Waals surface area contributed by atoms with E-state index >= 15 is 0 Å². The van der Waals surface area contributed by atoms with E-state index in [0.717, 1.165) is 83.0 Å². The van der Waals surface area contributed by atoms with Gasteiger partial charge in [-0.25, -0.2) is 0 Å². The van der Waals surface area contributed by atoms with Gasteiger partial charge in [0, 0.05) is 65.4 Å². The summed E-state index contributed by atoms with van der Waals surface area (Å²) < 4.78 is 0. The van der Waals surface area contributed by atoms with Crippen molar-refractivity contribution in [3.63, 3.8) is 0 Å². The first-order chi connectivity index (χ1) is 15.7. The van der Waals surface area contributed by atoms with Crippen LogP contribution in [0.25, 0.3) is 0 Å². The van der Waals surface area contributed by atoms with Gasteiger partial charge in [0.2, 0.25) is 5.91 Å². The number of carbonyl (C=O) groups is 1. The fourth-order valence-electron chi connectivity index (χ4n) is 4.56. The quantitative estimate of drug-likeness (QED) is 0.672. The summed E-state index contributed by atoms with van der Waals surface area (Å²) in [6.45, 7) is 9.64. The number of nitrogens with zero attached hydrogens (tertiary/aromatic N) is 5. The summed E-state index contributed by atoms with van der Waals surface area (Å²) in [7, 11) is 0. The van der Waals surface area contributed by atoms with E-state index in [-0.39, 0.29) is 5.91 Å². The second-order valence-electron chi connectivity index (χ2n) is 8.78. The lowest BCUT2D eigenvalue weighted by atomic mass is 10.1. The van der Waals surface area contributed by atoms with Crippen LogP contribution in [0.1, 0.15) is 16.7 Å². The van der Waals surface area contributed by atoms with E-state index in [2.05, 4.69) is 51.1 Å². The Kier molecular flexibility index (Phi) is 7.89. The summed E-state index contributed by atoms with van der Waals surface area (Å²) in [6.07, 6.45) is 1.09. The van der Waals surface area contributed by atoms with Gasteiger partial charge in [-0.15, -0.1) is 0 Å². The molecule has 2 aromatic rings. The van der Waals surface area contributed by atoms with E-state index in [4.69, 9.17) is 0 Å². The van der Waals surface area contributed by atoms with E-state index in [1.807, 2.05) is 29.2 Å². The lowest BCUT2D eigenvalue weighted by Gasteiger charge is -2.38. The first-order valence-corrected chi connectivity index (χ1v) is 11.7. The largest absolute Gasteiger partial charge is 0.339 e. The Morgan fingerprint density at radius 2 is 1.41 bits per heavy atom.